The van der Waals surface area contributed by atoms with E-state index in [1.54, 1.807) is 73.7 Å². The van der Waals surface area contributed by atoms with Crippen molar-refractivity contribution in [2.45, 2.75) is 17.1 Å². The van der Waals surface area contributed by atoms with E-state index >= 15 is 0 Å². The summed E-state index contributed by atoms with van der Waals surface area (Å²) in [7, 11) is 0. The minimum Gasteiger partial charge on any atom is -0.321 e. The predicted molar refractivity (Wildman–Crippen MR) is 185 cm³/mol. The lowest BCUT2D eigenvalue weighted by Crippen LogP contribution is -2.30. The summed E-state index contributed by atoms with van der Waals surface area (Å²) in [6.07, 6.45) is 1.19. The molecule has 1 aromatic heterocycles. The number of amides is 3. The fourth-order valence-corrected chi connectivity index (χ4v) is 6.12. The van der Waals surface area contributed by atoms with Crippen LogP contribution in [0.4, 0.5) is 15.2 Å². The van der Waals surface area contributed by atoms with E-state index in [1.807, 2.05) is 17.5 Å². The molecule has 0 radical (unpaired) electrons. The number of thiazole rings is 1. The minimum absolute atomic E-state index is 0.0488. The summed E-state index contributed by atoms with van der Waals surface area (Å²) in [4.78, 5) is 44.5. The van der Waals surface area contributed by atoms with Crippen LogP contribution >= 0.6 is 46.3 Å². The Hall–Kier alpha value is -4.48. The normalized spacial score (nSPS) is 11.9. The summed E-state index contributed by atoms with van der Waals surface area (Å²) in [5, 5.41) is 10.7. The number of anilines is 2. The number of halogens is 3. The molecule has 1 unspecified atom stereocenters. The highest BCUT2D eigenvalue weighted by Gasteiger charge is 2.19. The van der Waals surface area contributed by atoms with Gasteiger partial charge in [0, 0.05) is 37.7 Å². The highest BCUT2D eigenvalue weighted by molar-refractivity contribution is 8.00. The molecule has 0 fully saturated rings. The molecular weight excluding hydrogens is 666 g/mol. The zero-order valence-corrected chi connectivity index (χ0v) is 27.2. The van der Waals surface area contributed by atoms with Gasteiger partial charge in [0.05, 0.1) is 16.0 Å². The number of rotatable bonds is 10. The lowest BCUT2D eigenvalue weighted by molar-refractivity contribution is -0.115. The van der Waals surface area contributed by atoms with Gasteiger partial charge in [0.25, 0.3) is 11.8 Å². The Morgan fingerprint density at radius 2 is 1.65 bits per heavy atom. The van der Waals surface area contributed by atoms with Gasteiger partial charge in [0.15, 0.2) is 5.13 Å². The van der Waals surface area contributed by atoms with Gasteiger partial charge in [0.1, 0.15) is 11.5 Å². The number of hydrogen-bond donors (Lipinski definition) is 3. The molecule has 7 nitrogen and oxygen atoms in total. The van der Waals surface area contributed by atoms with Gasteiger partial charge in [-0.2, -0.15) is 0 Å². The maximum Gasteiger partial charge on any atom is 0.272 e. The van der Waals surface area contributed by atoms with Crippen molar-refractivity contribution in [3.8, 4) is 11.3 Å². The molecule has 12 heteroatoms. The number of carbonyl (C=O) groups is 3. The number of carbonyl (C=O) groups excluding carboxylic acids is 3. The van der Waals surface area contributed by atoms with E-state index in [0.717, 1.165) is 11.3 Å². The van der Waals surface area contributed by atoms with E-state index in [2.05, 4.69) is 20.9 Å². The maximum absolute atomic E-state index is 14.6. The molecule has 46 heavy (non-hydrogen) atoms. The third kappa shape index (κ3) is 8.61. The number of benzene rings is 4. The number of thioether (sulfide) groups is 1. The van der Waals surface area contributed by atoms with Gasteiger partial charge < -0.3 is 16.0 Å². The Balaban J connectivity index is 1.27. The van der Waals surface area contributed by atoms with Crippen molar-refractivity contribution in [2.75, 3.05) is 10.6 Å². The van der Waals surface area contributed by atoms with E-state index in [1.165, 1.54) is 47.4 Å². The van der Waals surface area contributed by atoms with Crippen molar-refractivity contribution in [1.29, 1.82) is 0 Å². The maximum atomic E-state index is 14.6. The van der Waals surface area contributed by atoms with Crippen LogP contribution in [0.2, 0.25) is 10.0 Å². The van der Waals surface area contributed by atoms with E-state index in [4.69, 9.17) is 23.2 Å². The van der Waals surface area contributed by atoms with Crippen LogP contribution in [0, 0.1) is 5.82 Å². The third-order valence-electron chi connectivity index (χ3n) is 6.47. The fourth-order valence-electron chi connectivity index (χ4n) is 4.13. The monoisotopic (exact) mass is 690 g/mol. The van der Waals surface area contributed by atoms with E-state index in [0.29, 0.717) is 26.3 Å². The van der Waals surface area contributed by atoms with Gasteiger partial charge in [-0.15, -0.1) is 23.1 Å². The van der Waals surface area contributed by atoms with Crippen LogP contribution < -0.4 is 16.0 Å². The molecule has 0 bridgehead atoms. The Morgan fingerprint density at radius 3 is 2.39 bits per heavy atom. The number of nitrogens with zero attached hydrogens (tertiary/aromatic N) is 1. The van der Waals surface area contributed by atoms with Gasteiger partial charge in [-0.25, -0.2) is 9.37 Å². The molecule has 1 heterocycles. The largest absolute Gasteiger partial charge is 0.321 e. The molecule has 3 amide bonds. The first kappa shape index (κ1) is 32.9. The topological polar surface area (TPSA) is 100 Å². The summed E-state index contributed by atoms with van der Waals surface area (Å²) in [6.45, 7) is 1.76. The van der Waals surface area contributed by atoms with Crippen LogP contribution in [-0.4, -0.2) is 28.0 Å². The summed E-state index contributed by atoms with van der Waals surface area (Å²) in [5.74, 6) is -2.15. The average Bonchev–Trinajstić information content (AvgIpc) is 3.51. The lowest BCUT2D eigenvalue weighted by atomic mass is 10.1. The summed E-state index contributed by atoms with van der Waals surface area (Å²) < 4.78 is 14.6. The standard InChI is InChI=1S/C34H25Cl2FN4O3S2/c1-20(31(42)41-34-40-30(19-45-34)21-13-15-23(35)16-14-21)46-25-10-5-9-24(17-25)38-33(44)29(18-26-27(36)11-6-12-28(26)37)39-32(43)22-7-3-2-4-8-22/h2-20H,1H3,(H,38,44)(H,39,43)(H,40,41,42)/b29-18+. The van der Waals surface area contributed by atoms with Gasteiger partial charge in [0.2, 0.25) is 5.91 Å². The number of hydrogen-bond acceptors (Lipinski definition) is 6. The molecule has 4 aromatic carbocycles. The highest BCUT2D eigenvalue weighted by Crippen LogP contribution is 2.29. The molecule has 0 aliphatic heterocycles. The van der Waals surface area contributed by atoms with Crippen LogP contribution in [0.25, 0.3) is 17.3 Å². The number of nitrogens with one attached hydrogen (secondary N) is 3. The van der Waals surface area contributed by atoms with Crippen molar-refractivity contribution in [3.05, 3.63) is 135 Å². The highest BCUT2D eigenvalue weighted by atomic mass is 35.5. The first-order valence-corrected chi connectivity index (χ1v) is 16.3. The molecule has 0 spiro atoms. The Labute approximate surface area is 282 Å². The van der Waals surface area contributed by atoms with Crippen LogP contribution in [0.3, 0.4) is 0 Å². The van der Waals surface area contributed by atoms with Gasteiger partial charge >= 0.3 is 0 Å². The minimum atomic E-state index is -0.697. The SMILES string of the molecule is CC(Sc1cccc(NC(=O)/C(=C\c2c(F)cccc2Cl)NC(=O)c2ccccc2)c1)C(=O)Nc1nc(-c2ccc(Cl)cc2)cs1. The summed E-state index contributed by atoms with van der Waals surface area (Å²) >= 11 is 14.8. The van der Waals surface area contributed by atoms with Gasteiger partial charge in [-0.1, -0.05) is 65.7 Å². The summed E-state index contributed by atoms with van der Waals surface area (Å²) in [6, 6.07) is 26.6. The van der Waals surface area contributed by atoms with E-state index < -0.39 is 22.9 Å². The Morgan fingerprint density at radius 1 is 0.913 bits per heavy atom. The zero-order chi connectivity index (χ0) is 32.6. The zero-order valence-electron chi connectivity index (χ0n) is 24.1. The third-order valence-corrected chi connectivity index (χ3v) is 8.90. The smallest absolute Gasteiger partial charge is 0.272 e. The van der Waals surface area contributed by atoms with Crippen LogP contribution in [0.5, 0.6) is 0 Å². The van der Waals surface area contributed by atoms with Crippen molar-refractivity contribution >= 4 is 80.9 Å². The van der Waals surface area contributed by atoms with Crippen LogP contribution in [0.15, 0.2) is 113 Å². The predicted octanol–water partition coefficient (Wildman–Crippen LogP) is 8.78. The lowest BCUT2D eigenvalue weighted by Gasteiger charge is -2.14. The number of aromatic nitrogens is 1. The van der Waals surface area contributed by atoms with Crippen molar-refractivity contribution in [1.82, 2.24) is 10.3 Å². The fraction of sp³-hybridized carbons (Fsp3) is 0.0588. The molecule has 5 rings (SSSR count). The molecule has 0 saturated heterocycles. The van der Waals surface area contributed by atoms with Crippen molar-refractivity contribution in [3.63, 3.8) is 0 Å². The first-order chi connectivity index (χ1) is 22.2. The molecule has 3 N–H and O–H groups in total. The van der Waals surface area contributed by atoms with Gasteiger partial charge in [-0.3, -0.25) is 14.4 Å². The van der Waals surface area contributed by atoms with Crippen LogP contribution in [0.1, 0.15) is 22.8 Å². The molecular formula is C34H25Cl2FN4O3S2. The second-order valence-corrected chi connectivity index (χ2v) is 12.9. The van der Waals surface area contributed by atoms with E-state index in [-0.39, 0.29) is 22.2 Å². The molecule has 0 saturated carbocycles. The van der Waals surface area contributed by atoms with E-state index in [9.17, 15) is 18.8 Å². The van der Waals surface area contributed by atoms with Crippen molar-refractivity contribution in [2.24, 2.45) is 0 Å². The second-order valence-electron chi connectivity index (χ2n) is 9.79. The molecule has 0 aliphatic rings. The Kier molecular flexibility index (Phi) is 10.9. The first-order valence-electron chi connectivity index (χ1n) is 13.8. The molecule has 232 valence electrons. The average molecular weight is 692 g/mol. The van der Waals surface area contributed by atoms with Gasteiger partial charge in [-0.05, 0) is 67.6 Å². The quantitative estimate of drug-likeness (QED) is 0.100. The van der Waals surface area contributed by atoms with Crippen molar-refractivity contribution < 1.29 is 18.8 Å². The second kappa shape index (κ2) is 15.2. The molecule has 1 atom stereocenters. The Bertz CT molecular complexity index is 1900. The molecule has 0 aliphatic carbocycles. The van der Waals surface area contributed by atoms with Crippen LogP contribution in [-0.2, 0) is 9.59 Å². The molecule has 5 aromatic rings. The summed E-state index contributed by atoms with van der Waals surface area (Å²) in [5.41, 5.74) is 2.06.